The highest BCUT2D eigenvalue weighted by molar-refractivity contribution is 9.10. The second-order valence-corrected chi connectivity index (χ2v) is 5.11. The van der Waals surface area contributed by atoms with Crippen LogP contribution in [-0.4, -0.2) is 20.3 Å². The van der Waals surface area contributed by atoms with Gasteiger partial charge in [-0.05, 0) is 36.4 Å². The third kappa shape index (κ3) is 4.32. The Kier molecular flexibility index (Phi) is 5.38. The molecule has 0 unspecified atom stereocenters. The summed E-state index contributed by atoms with van der Waals surface area (Å²) in [6.07, 6.45) is 0. The molecular weight excluding hydrogens is 344 g/mol. The number of anilines is 1. The van der Waals surface area contributed by atoms with Crippen molar-refractivity contribution >= 4 is 21.6 Å². The smallest absolute Gasteiger partial charge is 0.150 e. The van der Waals surface area contributed by atoms with E-state index in [0.717, 1.165) is 5.75 Å². The molecule has 112 valence electrons. The van der Waals surface area contributed by atoms with Gasteiger partial charge < -0.3 is 14.8 Å². The van der Waals surface area contributed by atoms with Crippen LogP contribution in [0.5, 0.6) is 11.5 Å². The van der Waals surface area contributed by atoms with Gasteiger partial charge in [0.05, 0.1) is 7.11 Å². The molecule has 0 atom stereocenters. The van der Waals surface area contributed by atoms with Gasteiger partial charge in [-0.15, -0.1) is 0 Å². The molecule has 1 N–H and O–H groups in total. The average Bonchev–Trinajstić information content (AvgIpc) is 2.46. The van der Waals surface area contributed by atoms with Gasteiger partial charge in [-0.2, -0.15) is 0 Å². The van der Waals surface area contributed by atoms with Crippen LogP contribution in [-0.2, 0) is 0 Å². The predicted octanol–water partition coefficient (Wildman–Crippen LogP) is 4.23. The van der Waals surface area contributed by atoms with Crippen LogP contribution in [0.2, 0.25) is 0 Å². The van der Waals surface area contributed by atoms with Crippen molar-refractivity contribution in [2.24, 2.45) is 0 Å². The molecule has 0 aliphatic carbocycles. The van der Waals surface area contributed by atoms with E-state index in [2.05, 4.69) is 21.2 Å². The van der Waals surface area contributed by atoms with Gasteiger partial charge in [0.1, 0.15) is 35.4 Å². The van der Waals surface area contributed by atoms with E-state index in [1.807, 2.05) is 0 Å². The maximum Gasteiger partial charge on any atom is 0.150 e. The summed E-state index contributed by atoms with van der Waals surface area (Å²) in [6, 6.07) is 9.48. The largest absolute Gasteiger partial charge is 0.497 e. The lowest BCUT2D eigenvalue weighted by molar-refractivity contribution is 0.331. The minimum Gasteiger partial charge on any atom is -0.497 e. The molecule has 0 aliphatic heterocycles. The molecule has 0 amide bonds. The zero-order chi connectivity index (χ0) is 15.2. The van der Waals surface area contributed by atoms with Crippen molar-refractivity contribution in [3.8, 4) is 11.5 Å². The van der Waals surface area contributed by atoms with Crippen molar-refractivity contribution in [3.05, 3.63) is 52.5 Å². The minimum absolute atomic E-state index is 0.156. The van der Waals surface area contributed by atoms with E-state index >= 15 is 0 Å². The maximum atomic E-state index is 13.6. The number of halogens is 3. The first-order chi connectivity index (χ1) is 10.1. The molecule has 0 fully saturated rings. The monoisotopic (exact) mass is 357 g/mol. The van der Waals surface area contributed by atoms with Gasteiger partial charge in [0.15, 0.2) is 0 Å². The molecule has 6 heteroatoms. The summed E-state index contributed by atoms with van der Waals surface area (Å²) in [5.41, 5.74) is -0.156. The van der Waals surface area contributed by atoms with Crippen molar-refractivity contribution in [1.82, 2.24) is 0 Å². The standard InChI is InChI=1S/C15H14BrF2NO2/c1-20-11-2-4-12(5-3-11)21-7-6-19-15-13(17)8-10(16)9-14(15)18/h2-5,8-9,19H,6-7H2,1H3. The van der Waals surface area contributed by atoms with E-state index in [1.54, 1.807) is 31.4 Å². The highest BCUT2D eigenvalue weighted by atomic mass is 79.9. The van der Waals surface area contributed by atoms with E-state index in [4.69, 9.17) is 9.47 Å². The number of hydrogen-bond donors (Lipinski definition) is 1. The molecule has 0 saturated carbocycles. The van der Waals surface area contributed by atoms with Gasteiger partial charge in [-0.25, -0.2) is 8.78 Å². The van der Waals surface area contributed by atoms with Crippen LogP contribution in [0, 0.1) is 11.6 Å². The fraction of sp³-hybridized carbons (Fsp3) is 0.200. The van der Waals surface area contributed by atoms with Crippen LogP contribution < -0.4 is 14.8 Å². The van der Waals surface area contributed by atoms with Crippen molar-refractivity contribution in [2.45, 2.75) is 0 Å². The van der Waals surface area contributed by atoms with Gasteiger partial charge in [-0.1, -0.05) is 15.9 Å². The number of hydrogen-bond acceptors (Lipinski definition) is 3. The molecule has 21 heavy (non-hydrogen) atoms. The summed E-state index contributed by atoms with van der Waals surface area (Å²) >= 11 is 3.03. The first kappa shape index (κ1) is 15.6. The van der Waals surface area contributed by atoms with Crippen molar-refractivity contribution in [3.63, 3.8) is 0 Å². The maximum absolute atomic E-state index is 13.6. The van der Waals surface area contributed by atoms with Gasteiger partial charge >= 0.3 is 0 Å². The third-order valence-electron chi connectivity index (χ3n) is 2.74. The SMILES string of the molecule is COc1ccc(OCCNc2c(F)cc(Br)cc2F)cc1. The second kappa shape index (κ2) is 7.26. The summed E-state index contributed by atoms with van der Waals surface area (Å²) in [6.45, 7) is 0.558. The highest BCUT2D eigenvalue weighted by Crippen LogP contribution is 2.23. The van der Waals surface area contributed by atoms with Crippen LogP contribution in [0.1, 0.15) is 0 Å². The molecule has 0 bridgehead atoms. The van der Waals surface area contributed by atoms with E-state index < -0.39 is 11.6 Å². The zero-order valence-corrected chi connectivity index (χ0v) is 12.9. The van der Waals surface area contributed by atoms with E-state index in [9.17, 15) is 8.78 Å². The zero-order valence-electron chi connectivity index (χ0n) is 11.3. The van der Waals surface area contributed by atoms with Gasteiger partial charge in [0.25, 0.3) is 0 Å². The fourth-order valence-electron chi connectivity index (χ4n) is 1.73. The molecule has 0 spiro atoms. The first-order valence-electron chi connectivity index (χ1n) is 6.25. The summed E-state index contributed by atoms with van der Waals surface area (Å²) in [5, 5.41) is 2.68. The van der Waals surface area contributed by atoms with Gasteiger partial charge in [0.2, 0.25) is 0 Å². The summed E-state index contributed by atoms with van der Waals surface area (Å²) < 4.78 is 38.0. The van der Waals surface area contributed by atoms with Crippen molar-refractivity contribution in [1.29, 1.82) is 0 Å². The van der Waals surface area contributed by atoms with Gasteiger partial charge in [0, 0.05) is 11.0 Å². The van der Waals surface area contributed by atoms with E-state index in [-0.39, 0.29) is 18.8 Å². The molecule has 0 aliphatic rings. The highest BCUT2D eigenvalue weighted by Gasteiger charge is 2.09. The molecule has 0 aromatic heterocycles. The number of benzene rings is 2. The molecule has 2 aromatic rings. The minimum atomic E-state index is -0.647. The Bertz CT molecular complexity index is 582. The Hall–Kier alpha value is -1.82. The first-order valence-corrected chi connectivity index (χ1v) is 7.04. The summed E-state index contributed by atoms with van der Waals surface area (Å²) in [7, 11) is 1.58. The van der Waals surface area contributed by atoms with Crippen LogP contribution in [0.3, 0.4) is 0 Å². The molecule has 2 rings (SSSR count). The Balaban J connectivity index is 1.84. The van der Waals surface area contributed by atoms with Crippen molar-refractivity contribution in [2.75, 3.05) is 25.6 Å². The van der Waals surface area contributed by atoms with E-state index in [0.29, 0.717) is 10.2 Å². The molecule has 2 aromatic carbocycles. The van der Waals surface area contributed by atoms with Crippen molar-refractivity contribution < 1.29 is 18.3 Å². The normalized spacial score (nSPS) is 10.3. The predicted molar refractivity (Wildman–Crippen MR) is 81.0 cm³/mol. The Morgan fingerprint density at radius 2 is 1.62 bits per heavy atom. The molecule has 3 nitrogen and oxygen atoms in total. The van der Waals surface area contributed by atoms with Gasteiger partial charge in [-0.3, -0.25) is 0 Å². The van der Waals surface area contributed by atoms with Crippen LogP contribution in [0.4, 0.5) is 14.5 Å². The quantitative estimate of drug-likeness (QED) is 0.784. The second-order valence-electron chi connectivity index (χ2n) is 4.20. The Labute approximate surface area is 130 Å². The third-order valence-corrected chi connectivity index (χ3v) is 3.20. The lowest BCUT2D eigenvalue weighted by Gasteiger charge is -2.10. The Morgan fingerprint density at radius 1 is 1.05 bits per heavy atom. The number of methoxy groups -OCH3 is 1. The molecule has 0 radical (unpaired) electrons. The lowest BCUT2D eigenvalue weighted by atomic mass is 10.3. The summed E-state index contributed by atoms with van der Waals surface area (Å²) in [4.78, 5) is 0. The number of ether oxygens (including phenoxy) is 2. The number of nitrogens with one attached hydrogen (secondary N) is 1. The molecule has 0 saturated heterocycles. The average molecular weight is 358 g/mol. The molecular formula is C15H14BrF2NO2. The number of rotatable bonds is 6. The van der Waals surface area contributed by atoms with Crippen LogP contribution in [0.15, 0.2) is 40.9 Å². The summed E-state index contributed by atoms with van der Waals surface area (Å²) in [5.74, 6) is 0.103. The lowest BCUT2D eigenvalue weighted by Crippen LogP contribution is -2.13. The topological polar surface area (TPSA) is 30.5 Å². The Morgan fingerprint density at radius 3 is 2.19 bits per heavy atom. The van der Waals surface area contributed by atoms with Crippen LogP contribution >= 0.6 is 15.9 Å². The van der Waals surface area contributed by atoms with Crippen LogP contribution in [0.25, 0.3) is 0 Å². The van der Waals surface area contributed by atoms with E-state index in [1.165, 1.54) is 12.1 Å². The fourth-order valence-corrected chi connectivity index (χ4v) is 2.13. The molecule has 0 heterocycles.